The Morgan fingerprint density at radius 3 is 2.26 bits per heavy atom. The molecule has 0 aliphatic carbocycles. The van der Waals surface area contributed by atoms with Crippen LogP contribution in [0, 0.1) is 0 Å². The van der Waals surface area contributed by atoms with Crippen molar-refractivity contribution in [3.63, 3.8) is 0 Å². The minimum absolute atomic E-state index is 0.311. The summed E-state index contributed by atoms with van der Waals surface area (Å²) in [6, 6.07) is 13.1. The first-order valence-corrected chi connectivity index (χ1v) is 7.27. The predicted molar refractivity (Wildman–Crippen MR) is 92.0 cm³/mol. The van der Waals surface area contributed by atoms with Gasteiger partial charge in [-0.3, -0.25) is 0 Å². The van der Waals surface area contributed by atoms with Crippen LogP contribution in [-0.4, -0.2) is 19.2 Å². The number of nitrogen functional groups attached to an aromatic ring is 2. The van der Waals surface area contributed by atoms with E-state index in [1.165, 1.54) is 0 Å². The van der Waals surface area contributed by atoms with Crippen LogP contribution in [0.3, 0.4) is 0 Å². The quantitative estimate of drug-likeness (QED) is 0.355. The fourth-order valence-electron chi connectivity index (χ4n) is 2.07. The van der Waals surface area contributed by atoms with Gasteiger partial charge in [-0.15, -0.1) is 0 Å². The average Bonchev–Trinajstić information content (AvgIpc) is 2.54. The van der Waals surface area contributed by atoms with Crippen LogP contribution in [-0.2, 0) is 9.53 Å². The Labute approximate surface area is 135 Å². The van der Waals surface area contributed by atoms with E-state index < -0.39 is 5.97 Å². The van der Waals surface area contributed by atoms with Gasteiger partial charge in [0.1, 0.15) is 5.75 Å². The third-order valence-corrected chi connectivity index (χ3v) is 3.13. The molecule has 5 heteroatoms. The number of ether oxygens (including phenoxy) is 2. The highest BCUT2D eigenvalue weighted by atomic mass is 16.5. The van der Waals surface area contributed by atoms with Gasteiger partial charge in [0.15, 0.2) is 0 Å². The monoisotopic (exact) mass is 312 g/mol. The molecule has 4 N–H and O–H groups in total. The van der Waals surface area contributed by atoms with E-state index in [2.05, 4.69) is 6.58 Å². The van der Waals surface area contributed by atoms with Crippen molar-refractivity contribution in [2.75, 3.05) is 24.7 Å². The van der Waals surface area contributed by atoms with Gasteiger partial charge in [-0.1, -0.05) is 18.7 Å². The molecule has 5 nitrogen and oxygen atoms in total. The number of carbonyl (C=O) groups is 1. The zero-order valence-corrected chi connectivity index (χ0v) is 12.8. The summed E-state index contributed by atoms with van der Waals surface area (Å²) in [5.74, 6) is 0.330. The molecule has 0 radical (unpaired) electrons. The minimum Gasteiger partial charge on any atom is -0.493 e. The van der Waals surface area contributed by atoms with Gasteiger partial charge in [-0.25, -0.2) is 4.79 Å². The molecule has 2 aromatic carbocycles. The van der Waals surface area contributed by atoms with E-state index in [1.807, 2.05) is 36.4 Å². The van der Waals surface area contributed by atoms with E-state index in [0.717, 1.165) is 23.0 Å². The summed E-state index contributed by atoms with van der Waals surface area (Å²) < 4.78 is 10.5. The zero-order valence-electron chi connectivity index (χ0n) is 12.8. The SMILES string of the molecule is C=CC(=O)OCCCOc1ccc(-c2cc(N)cc(N)c2)cc1. The maximum Gasteiger partial charge on any atom is 0.330 e. The molecule has 0 fully saturated rings. The van der Waals surface area contributed by atoms with Crippen LogP contribution in [0.15, 0.2) is 55.1 Å². The molecule has 0 aromatic heterocycles. The number of nitrogens with two attached hydrogens (primary N) is 2. The summed E-state index contributed by atoms with van der Waals surface area (Å²) in [7, 11) is 0. The van der Waals surface area contributed by atoms with Gasteiger partial charge in [-0.2, -0.15) is 0 Å². The van der Waals surface area contributed by atoms with Crippen molar-refractivity contribution >= 4 is 17.3 Å². The van der Waals surface area contributed by atoms with E-state index in [9.17, 15) is 4.79 Å². The van der Waals surface area contributed by atoms with Crippen LogP contribution >= 0.6 is 0 Å². The lowest BCUT2D eigenvalue weighted by Gasteiger charge is -2.08. The first-order chi connectivity index (χ1) is 11.1. The standard InChI is InChI=1S/C18H20N2O3/c1-2-18(21)23-9-3-8-22-17-6-4-13(5-7-17)14-10-15(19)12-16(20)11-14/h2,4-7,10-12H,1,3,8-9,19-20H2. The lowest BCUT2D eigenvalue weighted by Crippen LogP contribution is -2.06. The summed E-state index contributed by atoms with van der Waals surface area (Å²) >= 11 is 0. The van der Waals surface area contributed by atoms with Crippen molar-refractivity contribution in [2.24, 2.45) is 0 Å². The number of hydrogen-bond acceptors (Lipinski definition) is 5. The second kappa shape index (κ2) is 7.89. The predicted octanol–water partition coefficient (Wildman–Crippen LogP) is 3.02. The zero-order chi connectivity index (χ0) is 16.7. The highest BCUT2D eigenvalue weighted by Gasteiger charge is 2.02. The normalized spacial score (nSPS) is 10.1. The highest BCUT2D eigenvalue weighted by Crippen LogP contribution is 2.26. The number of hydrogen-bond donors (Lipinski definition) is 2. The molecule has 120 valence electrons. The van der Waals surface area contributed by atoms with E-state index >= 15 is 0 Å². The molecule has 0 aliphatic heterocycles. The van der Waals surface area contributed by atoms with E-state index in [-0.39, 0.29) is 0 Å². The van der Waals surface area contributed by atoms with Crippen LogP contribution in [0.2, 0.25) is 0 Å². The molecule has 0 spiro atoms. The van der Waals surface area contributed by atoms with E-state index in [4.69, 9.17) is 20.9 Å². The Bertz CT molecular complexity index is 661. The van der Waals surface area contributed by atoms with Crippen LogP contribution in [0.4, 0.5) is 11.4 Å². The second-order valence-electron chi connectivity index (χ2n) is 4.99. The fraction of sp³-hybridized carbons (Fsp3) is 0.167. The van der Waals surface area contributed by atoms with Crippen LogP contribution in [0.5, 0.6) is 5.75 Å². The Morgan fingerprint density at radius 2 is 1.65 bits per heavy atom. The molecular formula is C18H20N2O3. The number of carbonyl (C=O) groups excluding carboxylic acids is 1. The Kier molecular flexibility index (Phi) is 5.63. The number of rotatable bonds is 7. The molecule has 2 aromatic rings. The molecule has 0 amide bonds. The molecule has 0 atom stereocenters. The molecule has 2 rings (SSSR count). The van der Waals surface area contributed by atoms with E-state index in [1.54, 1.807) is 6.07 Å². The maximum atomic E-state index is 10.9. The lowest BCUT2D eigenvalue weighted by atomic mass is 10.0. The highest BCUT2D eigenvalue weighted by molar-refractivity contribution is 5.81. The topological polar surface area (TPSA) is 87.6 Å². The Balaban J connectivity index is 1.87. The molecule has 0 unspecified atom stereocenters. The van der Waals surface area contributed by atoms with Gasteiger partial charge in [0, 0.05) is 23.9 Å². The first-order valence-electron chi connectivity index (χ1n) is 7.27. The molecule has 0 bridgehead atoms. The van der Waals surface area contributed by atoms with Gasteiger partial charge >= 0.3 is 5.97 Å². The Morgan fingerprint density at radius 1 is 1.00 bits per heavy atom. The fourth-order valence-corrected chi connectivity index (χ4v) is 2.07. The number of benzene rings is 2. The molecule has 0 aliphatic rings. The van der Waals surface area contributed by atoms with Gasteiger partial charge in [-0.05, 0) is 41.5 Å². The smallest absolute Gasteiger partial charge is 0.330 e. The van der Waals surface area contributed by atoms with Crippen LogP contribution < -0.4 is 16.2 Å². The third kappa shape index (κ3) is 5.07. The van der Waals surface area contributed by atoms with E-state index in [0.29, 0.717) is 31.0 Å². The summed E-state index contributed by atoms with van der Waals surface area (Å²) in [5, 5.41) is 0. The molecule has 0 saturated heterocycles. The van der Waals surface area contributed by atoms with Crippen molar-refractivity contribution in [3.05, 3.63) is 55.1 Å². The van der Waals surface area contributed by atoms with Crippen molar-refractivity contribution in [1.29, 1.82) is 0 Å². The second-order valence-corrected chi connectivity index (χ2v) is 4.99. The van der Waals surface area contributed by atoms with Crippen molar-refractivity contribution < 1.29 is 14.3 Å². The van der Waals surface area contributed by atoms with Crippen molar-refractivity contribution in [1.82, 2.24) is 0 Å². The van der Waals surface area contributed by atoms with Crippen molar-refractivity contribution in [2.45, 2.75) is 6.42 Å². The summed E-state index contributed by atoms with van der Waals surface area (Å²) in [6.45, 7) is 4.11. The van der Waals surface area contributed by atoms with Crippen LogP contribution in [0.1, 0.15) is 6.42 Å². The molecular weight excluding hydrogens is 292 g/mol. The van der Waals surface area contributed by atoms with Gasteiger partial charge in [0.25, 0.3) is 0 Å². The lowest BCUT2D eigenvalue weighted by molar-refractivity contribution is -0.137. The summed E-state index contributed by atoms with van der Waals surface area (Å²) in [4.78, 5) is 10.9. The summed E-state index contributed by atoms with van der Waals surface area (Å²) in [5.41, 5.74) is 14.9. The Hall–Kier alpha value is -2.95. The van der Waals surface area contributed by atoms with Gasteiger partial charge in [0.2, 0.25) is 0 Å². The third-order valence-electron chi connectivity index (χ3n) is 3.13. The summed E-state index contributed by atoms with van der Waals surface area (Å²) in [6.07, 6.45) is 1.76. The number of esters is 1. The average molecular weight is 312 g/mol. The molecule has 23 heavy (non-hydrogen) atoms. The molecule has 0 heterocycles. The molecule has 0 saturated carbocycles. The minimum atomic E-state index is -0.421. The van der Waals surface area contributed by atoms with Gasteiger partial charge in [0.05, 0.1) is 13.2 Å². The maximum absolute atomic E-state index is 10.9. The number of anilines is 2. The van der Waals surface area contributed by atoms with Crippen molar-refractivity contribution in [3.8, 4) is 16.9 Å². The van der Waals surface area contributed by atoms with Gasteiger partial charge < -0.3 is 20.9 Å². The van der Waals surface area contributed by atoms with Crippen LogP contribution in [0.25, 0.3) is 11.1 Å². The first kappa shape index (κ1) is 16.4. The largest absolute Gasteiger partial charge is 0.493 e.